The van der Waals surface area contributed by atoms with E-state index in [1.54, 1.807) is 40.0 Å². The third-order valence-corrected chi connectivity index (χ3v) is 6.63. The second kappa shape index (κ2) is 9.25. The topological polar surface area (TPSA) is 76.5 Å². The zero-order valence-electron chi connectivity index (χ0n) is 19.7. The molecule has 7 nitrogen and oxygen atoms in total. The summed E-state index contributed by atoms with van der Waals surface area (Å²) in [5.74, 6) is -0.916. The maximum atomic E-state index is 13.6. The summed E-state index contributed by atoms with van der Waals surface area (Å²) in [7, 11) is 0. The van der Waals surface area contributed by atoms with Gasteiger partial charge in [-0.25, -0.2) is 13.5 Å². The van der Waals surface area contributed by atoms with Gasteiger partial charge in [0.05, 0.1) is 12.1 Å². The van der Waals surface area contributed by atoms with Gasteiger partial charge < -0.3 is 15.0 Å². The molecule has 0 aliphatic carbocycles. The van der Waals surface area contributed by atoms with Gasteiger partial charge in [-0.2, -0.15) is 5.10 Å². The highest BCUT2D eigenvalue weighted by Gasteiger charge is 2.36. The van der Waals surface area contributed by atoms with Gasteiger partial charge in [-0.1, -0.05) is 12.1 Å². The second-order valence-electron chi connectivity index (χ2n) is 9.08. The molecule has 1 N–H and O–H groups in total. The highest BCUT2D eigenvalue weighted by Crippen LogP contribution is 2.35. The summed E-state index contributed by atoms with van der Waals surface area (Å²) in [6.07, 6.45) is 2.00. The van der Waals surface area contributed by atoms with E-state index in [0.29, 0.717) is 41.9 Å². The maximum absolute atomic E-state index is 13.6. The molecular weight excluding hydrogens is 478 g/mol. The number of carbonyl (C=O) groups excluding carboxylic acids is 2. The molecule has 4 aromatic rings. The van der Waals surface area contributed by atoms with E-state index in [1.165, 1.54) is 24.3 Å². The molecule has 3 aromatic carbocycles. The molecule has 186 valence electrons. The lowest BCUT2D eigenvalue weighted by Crippen LogP contribution is -2.30. The molecule has 0 spiro atoms. The SMILES string of the molecule is O=C1Cc2ccc(CCN3C(=O)COC3c3cn(-c4ccc(F)cc4)nc3-c3ccc(F)cc3)cc2N1. The van der Waals surface area contributed by atoms with Crippen molar-refractivity contribution in [2.24, 2.45) is 0 Å². The number of benzene rings is 3. The standard InChI is InChI=1S/C28H22F2N4O3/c29-20-5-3-18(4-6-20)27-23(15-34(32-27)22-9-7-21(30)8-10-22)28-33(26(36)16-37-28)12-11-17-1-2-19-14-25(35)31-24(19)13-17/h1-10,13,15,28H,11-12,14,16H2,(H,31,35). The van der Waals surface area contributed by atoms with Crippen LogP contribution in [0.4, 0.5) is 14.5 Å². The Morgan fingerprint density at radius 3 is 2.46 bits per heavy atom. The Bertz CT molecular complexity index is 1500. The van der Waals surface area contributed by atoms with Gasteiger partial charge in [-0.05, 0) is 72.1 Å². The molecule has 9 heteroatoms. The van der Waals surface area contributed by atoms with Crippen molar-refractivity contribution in [2.75, 3.05) is 18.5 Å². The van der Waals surface area contributed by atoms with E-state index in [0.717, 1.165) is 16.8 Å². The molecular formula is C28H22F2N4O3. The summed E-state index contributed by atoms with van der Waals surface area (Å²) in [5.41, 5.74) is 5.23. The summed E-state index contributed by atoms with van der Waals surface area (Å²) >= 11 is 0. The van der Waals surface area contributed by atoms with E-state index < -0.39 is 6.23 Å². The number of nitrogens with one attached hydrogen (secondary N) is 1. The highest BCUT2D eigenvalue weighted by molar-refractivity contribution is 5.99. The van der Waals surface area contributed by atoms with Gasteiger partial charge in [0.15, 0.2) is 6.23 Å². The van der Waals surface area contributed by atoms with Crippen molar-refractivity contribution in [1.82, 2.24) is 14.7 Å². The Hall–Kier alpha value is -4.37. The first-order valence-electron chi connectivity index (χ1n) is 11.9. The van der Waals surface area contributed by atoms with Crippen LogP contribution in [0.25, 0.3) is 16.9 Å². The lowest BCUT2D eigenvalue weighted by atomic mass is 10.1. The average Bonchev–Trinajstić information content (AvgIpc) is 3.59. The number of fused-ring (bicyclic) bond motifs is 1. The highest BCUT2D eigenvalue weighted by atomic mass is 19.1. The molecule has 1 fully saturated rings. The molecule has 1 saturated heterocycles. The number of halogens is 2. The third kappa shape index (κ3) is 4.49. The lowest BCUT2D eigenvalue weighted by molar-refractivity contribution is -0.128. The van der Waals surface area contributed by atoms with Crippen LogP contribution < -0.4 is 5.32 Å². The number of nitrogens with zero attached hydrogens (tertiary/aromatic N) is 3. The summed E-state index contributed by atoms with van der Waals surface area (Å²) in [6, 6.07) is 17.7. The quantitative estimate of drug-likeness (QED) is 0.426. The van der Waals surface area contributed by atoms with Crippen LogP contribution in [0.2, 0.25) is 0 Å². The van der Waals surface area contributed by atoms with Crippen LogP contribution in [-0.2, 0) is 27.2 Å². The Morgan fingerprint density at radius 1 is 0.973 bits per heavy atom. The fourth-order valence-electron chi connectivity index (χ4n) is 4.75. The Balaban J connectivity index is 1.32. The number of hydrogen-bond donors (Lipinski definition) is 1. The molecule has 2 amide bonds. The molecule has 1 unspecified atom stereocenters. The number of carbonyl (C=O) groups is 2. The van der Waals surface area contributed by atoms with Gasteiger partial charge >= 0.3 is 0 Å². The van der Waals surface area contributed by atoms with E-state index in [2.05, 4.69) is 5.32 Å². The minimum atomic E-state index is -0.698. The summed E-state index contributed by atoms with van der Waals surface area (Å²) in [4.78, 5) is 26.2. The minimum absolute atomic E-state index is 0.0261. The fraction of sp³-hybridized carbons (Fsp3) is 0.179. The molecule has 0 radical (unpaired) electrons. The van der Waals surface area contributed by atoms with Gasteiger partial charge in [0.2, 0.25) is 5.91 Å². The van der Waals surface area contributed by atoms with Gasteiger partial charge in [0.25, 0.3) is 5.91 Å². The molecule has 0 bridgehead atoms. The molecule has 1 atom stereocenters. The predicted octanol–water partition coefficient (Wildman–Crippen LogP) is 4.41. The number of ether oxygens (including phenoxy) is 1. The Morgan fingerprint density at radius 2 is 1.70 bits per heavy atom. The lowest BCUT2D eigenvalue weighted by Gasteiger charge is -2.23. The van der Waals surface area contributed by atoms with Crippen LogP contribution in [0.15, 0.2) is 72.9 Å². The van der Waals surface area contributed by atoms with E-state index >= 15 is 0 Å². The first kappa shape index (κ1) is 23.1. The van der Waals surface area contributed by atoms with Gasteiger partial charge in [-0.15, -0.1) is 0 Å². The van der Waals surface area contributed by atoms with Crippen molar-refractivity contribution in [3.8, 4) is 16.9 Å². The fourth-order valence-corrected chi connectivity index (χ4v) is 4.75. The number of anilines is 1. The van der Waals surface area contributed by atoms with Crippen LogP contribution >= 0.6 is 0 Å². The number of aromatic nitrogens is 2. The van der Waals surface area contributed by atoms with Crippen molar-refractivity contribution >= 4 is 17.5 Å². The van der Waals surface area contributed by atoms with Crippen molar-refractivity contribution < 1.29 is 23.1 Å². The summed E-state index contributed by atoms with van der Waals surface area (Å²) in [6.45, 7) is 0.316. The molecule has 3 heterocycles. The van der Waals surface area contributed by atoms with Crippen LogP contribution in [-0.4, -0.2) is 39.6 Å². The first-order chi connectivity index (χ1) is 17.9. The molecule has 1 aromatic heterocycles. The van der Waals surface area contributed by atoms with E-state index in [-0.39, 0.29) is 30.1 Å². The Labute approximate surface area is 211 Å². The third-order valence-electron chi connectivity index (χ3n) is 6.63. The molecule has 37 heavy (non-hydrogen) atoms. The van der Waals surface area contributed by atoms with E-state index in [9.17, 15) is 18.4 Å². The number of hydrogen-bond acceptors (Lipinski definition) is 4. The average molecular weight is 501 g/mol. The van der Waals surface area contributed by atoms with Crippen LogP contribution in [0, 0.1) is 11.6 Å². The molecule has 2 aliphatic rings. The van der Waals surface area contributed by atoms with Crippen LogP contribution in [0.3, 0.4) is 0 Å². The largest absolute Gasteiger partial charge is 0.344 e. The van der Waals surface area contributed by atoms with E-state index in [1.807, 2.05) is 18.2 Å². The zero-order chi connectivity index (χ0) is 25.5. The van der Waals surface area contributed by atoms with Crippen molar-refractivity contribution in [3.05, 3.63) is 101 Å². The number of rotatable bonds is 6. The predicted molar refractivity (Wildman–Crippen MR) is 132 cm³/mol. The van der Waals surface area contributed by atoms with Crippen LogP contribution in [0.1, 0.15) is 22.9 Å². The van der Waals surface area contributed by atoms with Gasteiger partial charge in [0, 0.05) is 29.6 Å². The molecule has 2 aliphatic heterocycles. The molecule has 6 rings (SSSR count). The first-order valence-corrected chi connectivity index (χ1v) is 11.9. The van der Waals surface area contributed by atoms with E-state index in [4.69, 9.17) is 9.84 Å². The second-order valence-corrected chi connectivity index (χ2v) is 9.08. The van der Waals surface area contributed by atoms with Gasteiger partial charge in [0.1, 0.15) is 23.9 Å². The van der Waals surface area contributed by atoms with Crippen molar-refractivity contribution in [3.63, 3.8) is 0 Å². The zero-order valence-corrected chi connectivity index (χ0v) is 19.7. The monoisotopic (exact) mass is 500 g/mol. The van der Waals surface area contributed by atoms with Gasteiger partial charge in [-0.3, -0.25) is 9.59 Å². The summed E-state index contributed by atoms with van der Waals surface area (Å²) < 4.78 is 34.7. The van der Waals surface area contributed by atoms with Crippen LogP contribution in [0.5, 0.6) is 0 Å². The number of amides is 2. The maximum Gasteiger partial charge on any atom is 0.250 e. The minimum Gasteiger partial charge on any atom is -0.344 e. The van der Waals surface area contributed by atoms with Crippen molar-refractivity contribution in [1.29, 1.82) is 0 Å². The smallest absolute Gasteiger partial charge is 0.250 e. The normalized spacial score (nSPS) is 16.8. The molecule has 0 saturated carbocycles. The van der Waals surface area contributed by atoms with Crippen molar-refractivity contribution in [2.45, 2.75) is 19.1 Å². The summed E-state index contributed by atoms with van der Waals surface area (Å²) in [5, 5.41) is 7.55. The Kier molecular flexibility index (Phi) is 5.77.